The lowest BCUT2D eigenvalue weighted by atomic mass is 9.68. The summed E-state index contributed by atoms with van der Waals surface area (Å²) in [4.78, 5) is 9.69. The van der Waals surface area contributed by atoms with Gasteiger partial charge in [0.05, 0.1) is 0 Å². The Balaban J connectivity index is 0.000000198. The molecule has 2 heterocycles. The minimum Gasteiger partial charge on any atom is -0.261 e. The normalized spacial score (nSPS) is 30.0. The first-order valence-corrected chi connectivity index (χ1v) is 23.0. The lowest BCUT2D eigenvalue weighted by Gasteiger charge is -2.37. The van der Waals surface area contributed by atoms with Gasteiger partial charge in [-0.2, -0.15) is 0 Å². The van der Waals surface area contributed by atoms with E-state index in [1.54, 1.807) is 0 Å². The van der Waals surface area contributed by atoms with Gasteiger partial charge >= 0.3 is 0 Å². The molecule has 2 aromatic heterocycles. The third kappa shape index (κ3) is 13.0. The van der Waals surface area contributed by atoms with Gasteiger partial charge in [-0.15, -0.1) is 0 Å². The van der Waals surface area contributed by atoms with Crippen LogP contribution in [-0.4, -0.2) is 9.97 Å². The van der Waals surface area contributed by atoms with Crippen molar-refractivity contribution in [3.05, 3.63) is 59.2 Å². The summed E-state index contributed by atoms with van der Waals surface area (Å²) in [6, 6.07) is 9.36. The Morgan fingerprint density at radius 3 is 1.16 bits per heavy atom. The van der Waals surface area contributed by atoms with Crippen molar-refractivity contribution >= 4 is 0 Å². The summed E-state index contributed by atoms with van der Waals surface area (Å²) in [6.45, 7) is 9.26. The van der Waals surface area contributed by atoms with Crippen LogP contribution < -0.4 is 0 Å². The van der Waals surface area contributed by atoms with Gasteiger partial charge in [0.15, 0.2) is 0 Å². The largest absolute Gasteiger partial charge is 0.261 e. The summed E-state index contributed by atoms with van der Waals surface area (Å²) < 4.78 is 0. The second kappa shape index (κ2) is 22.5. The molecule has 4 fully saturated rings. The smallest absolute Gasteiger partial charge is 0.0434 e. The summed E-state index contributed by atoms with van der Waals surface area (Å²) in [7, 11) is 0. The summed E-state index contributed by atoms with van der Waals surface area (Å²) in [5.41, 5.74) is 5.60. The van der Waals surface area contributed by atoms with Gasteiger partial charge in [-0.1, -0.05) is 110 Å². The Hall–Kier alpha value is -1.70. The van der Waals surface area contributed by atoms with E-state index in [-0.39, 0.29) is 0 Å². The number of unbranched alkanes of at least 4 members (excludes halogenated alkanes) is 4. The monoisotopic (exact) mass is 697 g/mol. The van der Waals surface area contributed by atoms with Crippen LogP contribution in [0.15, 0.2) is 36.7 Å². The maximum Gasteiger partial charge on any atom is 0.0434 e. The van der Waals surface area contributed by atoms with Crippen LogP contribution in [0, 0.1) is 35.5 Å². The van der Waals surface area contributed by atoms with E-state index < -0.39 is 0 Å². The van der Waals surface area contributed by atoms with Gasteiger partial charge in [-0.05, 0) is 162 Å². The van der Waals surface area contributed by atoms with Crippen LogP contribution in [0.3, 0.4) is 0 Å². The number of hydrogen-bond acceptors (Lipinski definition) is 2. The molecular weight excluding hydrogens is 617 g/mol. The van der Waals surface area contributed by atoms with Gasteiger partial charge in [-0.25, -0.2) is 0 Å². The molecule has 0 saturated heterocycles. The van der Waals surface area contributed by atoms with Crippen molar-refractivity contribution in [1.29, 1.82) is 0 Å². The molecule has 286 valence electrons. The van der Waals surface area contributed by atoms with Crippen LogP contribution in [0.25, 0.3) is 0 Å². The van der Waals surface area contributed by atoms with Gasteiger partial charge in [-0.3, -0.25) is 9.97 Å². The average Bonchev–Trinajstić information content (AvgIpc) is 3.20. The molecule has 4 saturated carbocycles. The molecule has 4 aliphatic rings. The fraction of sp³-hybridized carbons (Fsp3) is 0.796. The molecule has 2 heteroatoms. The van der Waals surface area contributed by atoms with Gasteiger partial charge in [0.2, 0.25) is 0 Å². The van der Waals surface area contributed by atoms with Gasteiger partial charge in [0.25, 0.3) is 0 Å². The predicted octanol–water partition coefficient (Wildman–Crippen LogP) is 15.0. The summed E-state index contributed by atoms with van der Waals surface area (Å²) >= 11 is 0. The highest BCUT2D eigenvalue weighted by Crippen LogP contribution is 2.45. The number of rotatable bonds is 15. The fourth-order valence-electron chi connectivity index (χ4n) is 11.0. The summed E-state index contributed by atoms with van der Waals surface area (Å²) in [5.74, 6) is 7.65. The average molecular weight is 697 g/mol. The first-order chi connectivity index (χ1) is 25.1. The first kappa shape index (κ1) is 40.5. The molecule has 0 spiro atoms. The third-order valence-electron chi connectivity index (χ3n) is 14.6. The molecule has 0 radical (unpaired) electrons. The molecule has 0 unspecified atom stereocenters. The predicted molar refractivity (Wildman–Crippen MR) is 220 cm³/mol. The Bertz CT molecular complexity index is 1150. The van der Waals surface area contributed by atoms with Crippen molar-refractivity contribution in [3.8, 4) is 0 Å². The molecular formula is C49H80N2. The van der Waals surface area contributed by atoms with E-state index in [2.05, 4.69) is 64.4 Å². The number of aromatic nitrogens is 2. The van der Waals surface area contributed by atoms with E-state index in [1.165, 1.54) is 196 Å². The number of aryl methyl sites for hydroxylation is 2. The molecule has 0 bridgehead atoms. The zero-order valence-electron chi connectivity index (χ0n) is 34.1. The highest BCUT2D eigenvalue weighted by Gasteiger charge is 2.32. The Labute approximate surface area is 316 Å². The zero-order chi connectivity index (χ0) is 35.7. The van der Waals surface area contributed by atoms with Crippen molar-refractivity contribution in [2.45, 2.75) is 213 Å². The van der Waals surface area contributed by atoms with Crippen molar-refractivity contribution in [1.82, 2.24) is 9.97 Å². The van der Waals surface area contributed by atoms with Crippen molar-refractivity contribution in [2.24, 2.45) is 35.5 Å². The lowest BCUT2D eigenvalue weighted by Crippen LogP contribution is -2.25. The van der Waals surface area contributed by atoms with E-state index in [0.29, 0.717) is 0 Å². The van der Waals surface area contributed by atoms with E-state index in [9.17, 15) is 0 Å². The molecule has 2 aromatic rings. The van der Waals surface area contributed by atoms with Crippen molar-refractivity contribution in [2.75, 3.05) is 0 Å². The Morgan fingerprint density at radius 2 is 0.824 bits per heavy atom. The first-order valence-electron chi connectivity index (χ1n) is 23.0. The van der Waals surface area contributed by atoms with Crippen molar-refractivity contribution < 1.29 is 0 Å². The summed E-state index contributed by atoms with van der Waals surface area (Å²) in [5, 5.41) is 0. The fourth-order valence-corrected chi connectivity index (χ4v) is 11.0. The van der Waals surface area contributed by atoms with Crippen LogP contribution in [-0.2, 0) is 12.8 Å². The standard InChI is InChI=1S/C25H41N.C24H39N/c1-3-5-6-8-21-11-18-25(26-19-21)24-16-14-23(15-17-24)22-12-9-20(7-4-2)10-13-22;1-3-5-6-7-20-10-17-24(25-18-20)23-15-13-22(14-16-23)21-11-8-19(4-2)9-12-21/h11,18-20,22-24H,3-10,12-17H2,1-2H3;10,17-19,21-23H,3-9,11-16H2,1-2H3. The molecule has 0 aromatic carbocycles. The number of nitrogens with zero attached hydrogens (tertiary/aromatic N) is 2. The van der Waals surface area contributed by atoms with Gasteiger partial charge in [0, 0.05) is 35.6 Å². The van der Waals surface area contributed by atoms with Crippen LogP contribution in [0.1, 0.15) is 223 Å². The second-order valence-corrected chi connectivity index (χ2v) is 18.1. The Kier molecular flexibility index (Phi) is 17.9. The Morgan fingerprint density at radius 1 is 0.431 bits per heavy atom. The SMILES string of the molecule is CCCCCc1ccc(C2CCC(C3CCC(CC)CC3)CC2)nc1.CCCCCc1ccc(C2CCC(C3CCC(CCC)CC3)CC2)nc1. The third-order valence-corrected chi connectivity index (χ3v) is 14.6. The van der Waals surface area contributed by atoms with E-state index in [0.717, 1.165) is 47.3 Å². The highest BCUT2D eigenvalue weighted by molar-refractivity contribution is 5.19. The quantitative estimate of drug-likeness (QED) is 0.173. The molecule has 4 aliphatic carbocycles. The molecule has 0 atom stereocenters. The van der Waals surface area contributed by atoms with Crippen LogP contribution in [0.4, 0.5) is 0 Å². The van der Waals surface area contributed by atoms with E-state index in [4.69, 9.17) is 9.97 Å². The van der Waals surface area contributed by atoms with Crippen LogP contribution in [0.2, 0.25) is 0 Å². The highest BCUT2D eigenvalue weighted by atomic mass is 14.7. The molecule has 2 nitrogen and oxygen atoms in total. The number of pyridine rings is 2. The van der Waals surface area contributed by atoms with Crippen LogP contribution in [0.5, 0.6) is 0 Å². The molecule has 6 rings (SSSR count). The zero-order valence-corrected chi connectivity index (χ0v) is 34.1. The minimum absolute atomic E-state index is 0.729. The van der Waals surface area contributed by atoms with E-state index >= 15 is 0 Å². The maximum atomic E-state index is 4.85. The maximum absolute atomic E-state index is 4.85. The molecule has 51 heavy (non-hydrogen) atoms. The number of hydrogen-bond donors (Lipinski definition) is 0. The van der Waals surface area contributed by atoms with Gasteiger partial charge in [0.1, 0.15) is 0 Å². The molecule has 0 N–H and O–H groups in total. The van der Waals surface area contributed by atoms with Gasteiger partial charge < -0.3 is 0 Å². The second-order valence-electron chi connectivity index (χ2n) is 18.1. The minimum atomic E-state index is 0.729. The van der Waals surface area contributed by atoms with Crippen molar-refractivity contribution in [3.63, 3.8) is 0 Å². The lowest BCUT2D eigenvalue weighted by molar-refractivity contribution is 0.156. The molecule has 0 amide bonds. The van der Waals surface area contributed by atoms with Crippen LogP contribution >= 0.6 is 0 Å². The topological polar surface area (TPSA) is 25.8 Å². The van der Waals surface area contributed by atoms with E-state index in [1.807, 2.05) is 0 Å². The molecule has 0 aliphatic heterocycles. The summed E-state index contributed by atoms with van der Waals surface area (Å²) in [6.07, 6.45) is 42.3.